The van der Waals surface area contributed by atoms with Crippen LogP contribution in [-0.4, -0.2) is 47.8 Å². The van der Waals surface area contributed by atoms with Gasteiger partial charge in [0.1, 0.15) is 29.0 Å². The number of nitroso groups, excluding NO2 is 1. The minimum atomic E-state index is -1.22. The molecule has 184 valence electrons. The summed E-state index contributed by atoms with van der Waals surface area (Å²) in [7, 11) is 0. The molecule has 0 unspecified atom stereocenters. The van der Waals surface area contributed by atoms with Crippen molar-refractivity contribution in [2.45, 2.75) is 25.6 Å². The van der Waals surface area contributed by atoms with E-state index in [1.807, 2.05) is 0 Å². The van der Waals surface area contributed by atoms with E-state index in [1.165, 1.54) is 6.07 Å². The summed E-state index contributed by atoms with van der Waals surface area (Å²) in [6.45, 7) is 4.55. The monoisotopic (exact) mass is 487 g/mol. The summed E-state index contributed by atoms with van der Waals surface area (Å²) in [5.41, 5.74) is -0.348. The highest BCUT2D eigenvalue weighted by Crippen LogP contribution is 2.45. The number of allylic oxidation sites excluding steroid dienone is 1. The molecule has 3 rings (SSSR count). The Bertz CT molecular complexity index is 1250. The number of benzene rings is 2. The molecule has 12 heteroatoms. The smallest absolute Gasteiger partial charge is 0.338 e. The van der Waals surface area contributed by atoms with Crippen molar-refractivity contribution in [2.24, 2.45) is 5.18 Å². The first-order chi connectivity index (χ1) is 16.4. The second-order valence-electron chi connectivity index (χ2n) is 7.62. The van der Waals surface area contributed by atoms with Crippen molar-refractivity contribution < 1.29 is 50.0 Å². The Kier molecular flexibility index (Phi) is 6.76. The van der Waals surface area contributed by atoms with Gasteiger partial charge in [0.15, 0.2) is 34.9 Å². The van der Waals surface area contributed by atoms with Gasteiger partial charge in [-0.05, 0) is 30.3 Å². The van der Waals surface area contributed by atoms with Gasteiger partial charge >= 0.3 is 5.97 Å². The van der Waals surface area contributed by atoms with Gasteiger partial charge in [-0.2, -0.15) is 0 Å². The summed E-state index contributed by atoms with van der Waals surface area (Å²) < 4.78 is 11.3. The summed E-state index contributed by atoms with van der Waals surface area (Å²) in [6.07, 6.45) is -1.84. The van der Waals surface area contributed by atoms with Gasteiger partial charge in [-0.15, -0.1) is 4.91 Å². The van der Waals surface area contributed by atoms with Gasteiger partial charge in [-0.3, -0.25) is 0 Å². The molecule has 1 heterocycles. The fraction of sp³-hybridized carbons (Fsp3) is 0.174. The highest BCUT2D eigenvalue weighted by Gasteiger charge is 2.37. The number of aliphatic hydroxyl groups excluding tert-OH is 3. The van der Waals surface area contributed by atoms with E-state index in [0.717, 1.165) is 31.2 Å². The number of phenolic OH excluding ortho intramolecular Hbond substituents is 4. The normalized spacial score (nSPS) is 18.0. The van der Waals surface area contributed by atoms with Crippen LogP contribution in [0.3, 0.4) is 0 Å². The number of rotatable bonds is 6. The number of fused-ring (bicyclic) bond motifs is 1. The largest absolute Gasteiger partial charge is 0.509 e. The third-order valence-corrected chi connectivity index (χ3v) is 5.11. The Balaban J connectivity index is 2.00. The second-order valence-corrected chi connectivity index (χ2v) is 7.62. The number of nitrogens with zero attached hydrogens (tertiary/aromatic N) is 1. The predicted molar refractivity (Wildman–Crippen MR) is 120 cm³/mol. The van der Waals surface area contributed by atoms with E-state index in [9.17, 15) is 45.4 Å². The van der Waals surface area contributed by atoms with Crippen molar-refractivity contribution in [1.82, 2.24) is 0 Å². The van der Waals surface area contributed by atoms with Crippen LogP contribution in [0.5, 0.6) is 28.7 Å². The van der Waals surface area contributed by atoms with Gasteiger partial charge < -0.3 is 45.2 Å². The predicted octanol–water partition coefficient (Wildman–Crippen LogP) is 3.84. The molecule has 35 heavy (non-hydrogen) atoms. The van der Waals surface area contributed by atoms with E-state index in [2.05, 4.69) is 11.8 Å². The second kappa shape index (κ2) is 9.55. The summed E-state index contributed by atoms with van der Waals surface area (Å²) in [5, 5.41) is 71.1. The minimum Gasteiger partial charge on any atom is -0.509 e. The van der Waals surface area contributed by atoms with Crippen LogP contribution in [0.2, 0.25) is 0 Å². The van der Waals surface area contributed by atoms with Crippen molar-refractivity contribution in [3.05, 3.63) is 75.8 Å². The molecule has 2 atom stereocenters. The number of carbonyl (C=O) groups is 1. The lowest BCUT2D eigenvalue weighted by molar-refractivity contribution is -0.150. The van der Waals surface area contributed by atoms with Crippen LogP contribution in [-0.2, 0) is 16.0 Å². The number of phenols is 4. The number of hydrogen-bond acceptors (Lipinski definition) is 12. The van der Waals surface area contributed by atoms with Crippen LogP contribution < -0.4 is 4.74 Å². The zero-order valence-electron chi connectivity index (χ0n) is 18.2. The third-order valence-electron chi connectivity index (χ3n) is 5.11. The summed E-state index contributed by atoms with van der Waals surface area (Å²) in [6, 6.07) is 4.43. The molecule has 1 aliphatic rings. The molecule has 12 nitrogen and oxygen atoms in total. The lowest BCUT2D eigenvalue weighted by atomic mass is 9.93. The highest BCUT2D eigenvalue weighted by atomic mass is 16.6. The van der Waals surface area contributed by atoms with Crippen LogP contribution in [0.15, 0.2) is 64.9 Å². The van der Waals surface area contributed by atoms with Crippen molar-refractivity contribution in [1.29, 1.82) is 0 Å². The van der Waals surface area contributed by atoms with Crippen molar-refractivity contribution in [3.8, 4) is 28.7 Å². The fourth-order valence-electron chi connectivity index (χ4n) is 3.37. The average Bonchev–Trinajstić information content (AvgIpc) is 2.81. The molecule has 1 aliphatic heterocycles. The zero-order chi connectivity index (χ0) is 26.0. The van der Waals surface area contributed by atoms with E-state index in [4.69, 9.17) is 9.47 Å². The summed E-state index contributed by atoms with van der Waals surface area (Å²) >= 11 is 0. The molecule has 0 spiro atoms. The SMILES string of the molecule is C=C(/C=C(O)\C(O)=C(/C)O)C(=O)O[C@@H]1Cc2c(O)cc(N=O)cc2O[C@@H]1c1cc(O)c(O)c(O)c1. The average molecular weight is 487 g/mol. The van der Waals surface area contributed by atoms with Gasteiger partial charge in [0.2, 0.25) is 0 Å². The Labute approximate surface area is 197 Å². The minimum absolute atomic E-state index is 0.0220. The van der Waals surface area contributed by atoms with Gasteiger partial charge in [-0.25, -0.2) is 4.79 Å². The fourth-order valence-corrected chi connectivity index (χ4v) is 3.37. The van der Waals surface area contributed by atoms with Gasteiger partial charge in [-0.1, -0.05) is 6.58 Å². The molecule has 2 aromatic rings. The Morgan fingerprint density at radius 2 is 1.71 bits per heavy atom. The van der Waals surface area contributed by atoms with Crippen LogP contribution >= 0.6 is 0 Å². The highest BCUT2D eigenvalue weighted by molar-refractivity contribution is 5.91. The van der Waals surface area contributed by atoms with Crippen LogP contribution in [0.1, 0.15) is 24.2 Å². The quantitative estimate of drug-likeness (QED) is 0.0777. The first kappa shape index (κ1) is 24.8. The van der Waals surface area contributed by atoms with Crippen LogP contribution in [0.4, 0.5) is 5.69 Å². The van der Waals surface area contributed by atoms with E-state index in [1.54, 1.807) is 0 Å². The number of aliphatic hydroxyl groups is 3. The maximum Gasteiger partial charge on any atom is 0.338 e. The first-order valence-corrected chi connectivity index (χ1v) is 9.93. The molecule has 0 amide bonds. The Morgan fingerprint density at radius 3 is 2.29 bits per heavy atom. The molecule has 7 N–H and O–H groups in total. The van der Waals surface area contributed by atoms with E-state index >= 15 is 0 Å². The molecule has 0 aromatic heterocycles. The number of carbonyl (C=O) groups excluding carboxylic acids is 1. The molecular formula is C23H21NO11. The van der Waals surface area contributed by atoms with Crippen molar-refractivity contribution in [3.63, 3.8) is 0 Å². The molecule has 0 bridgehead atoms. The lowest BCUT2D eigenvalue weighted by Crippen LogP contribution is -2.35. The standard InChI is InChI=1S/C23H21NO11/c1-9(3-15(27)20(30)10(2)25)23(32)35-19-8-13-14(26)6-12(24-33)7-18(13)34-22(19)11-4-16(28)21(31)17(29)5-11/h3-7,19,22,25-31H,1,8H2,2H3/b15-3+,20-10-/t19-,22-/m1/s1. The van der Waals surface area contributed by atoms with E-state index in [0.29, 0.717) is 0 Å². The molecule has 0 saturated carbocycles. The van der Waals surface area contributed by atoms with Crippen molar-refractivity contribution in [2.75, 3.05) is 0 Å². The first-order valence-electron chi connectivity index (χ1n) is 9.93. The molecule has 2 aromatic carbocycles. The zero-order valence-corrected chi connectivity index (χ0v) is 18.2. The maximum atomic E-state index is 12.7. The third kappa shape index (κ3) is 5.05. The topological polar surface area (TPSA) is 207 Å². The number of aromatic hydroxyl groups is 4. The molecule has 0 radical (unpaired) electrons. The molecule has 0 fully saturated rings. The Morgan fingerprint density at radius 1 is 1.09 bits per heavy atom. The van der Waals surface area contributed by atoms with E-state index in [-0.39, 0.29) is 34.7 Å². The van der Waals surface area contributed by atoms with Crippen molar-refractivity contribution >= 4 is 11.7 Å². The molecule has 0 aliphatic carbocycles. The molecular weight excluding hydrogens is 466 g/mol. The lowest BCUT2D eigenvalue weighted by Gasteiger charge is -2.34. The van der Waals surface area contributed by atoms with Gasteiger partial charge in [0.25, 0.3) is 0 Å². The van der Waals surface area contributed by atoms with Gasteiger partial charge in [0, 0.05) is 29.7 Å². The van der Waals surface area contributed by atoms with Crippen LogP contribution in [0.25, 0.3) is 0 Å². The summed E-state index contributed by atoms with van der Waals surface area (Å²) in [5.74, 6) is -5.94. The van der Waals surface area contributed by atoms with Gasteiger partial charge in [0.05, 0.1) is 5.57 Å². The van der Waals surface area contributed by atoms with Crippen LogP contribution in [0, 0.1) is 4.91 Å². The molecule has 0 saturated heterocycles. The van der Waals surface area contributed by atoms with E-state index < -0.39 is 58.3 Å². The summed E-state index contributed by atoms with van der Waals surface area (Å²) in [4.78, 5) is 23.6. The number of hydrogen-bond donors (Lipinski definition) is 7. The maximum absolute atomic E-state index is 12.7. The Hall–Kier alpha value is -4.87. The number of ether oxygens (including phenoxy) is 2. The number of esters is 1.